The van der Waals surface area contributed by atoms with Crippen molar-refractivity contribution in [1.29, 1.82) is 0 Å². The van der Waals surface area contributed by atoms with Gasteiger partial charge in [0.2, 0.25) is 11.8 Å². The van der Waals surface area contributed by atoms with Crippen LogP contribution in [0.3, 0.4) is 0 Å². The van der Waals surface area contributed by atoms with Gasteiger partial charge in [0.25, 0.3) is 0 Å². The van der Waals surface area contributed by atoms with Crippen molar-refractivity contribution in [3.8, 4) is 0 Å². The van der Waals surface area contributed by atoms with Gasteiger partial charge in [-0.1, -0.05) is 85.3 Å². The second-order valence-electron chi connectivity index (χ2n) is 10.6. The summed E-state index contributed by atoms with van der Waals surface area (Å²) in [6.45, 7) is -0.0770. The first-order valence-electron chi connectivity index (χ1n) is 13.5. The summed E-state index contributed by atoms with van der Waals surface area (Å²) in [5.41, 5.74) is 3.60. The number of hydrogen-bond donors (Lipinski definition) is 0. The Labute approximate surface area is 242 Å². The van der Waals surface area contributed by atoms with E-state index in [0.717, 1.165) is 22.3 Å². The van der Waals surface area contributed by atoms with Gasteiger partial charge in [-0.05, 0) is 35.1 Å². The predicted octanol–water partition coefficient (Wildman–Crippen LogP) is 5.57. The van der Waals surface area contributed by atoms with Crippen molar-refractivity contribution in [2.75, 3.05) is 13.2 Å². The Hall–Kier alpha value is -3.48. The zero-order valence-corrected chi connectivity index (χ0v) is 23.2. The third kappa shape index (κ3) is 3.92. The number of ether oxygens (including phenoxy) is 1. The molecule has 8 heteroatoms. The highest BCUT2D eigenvalue weighted by Gasteiger charge is 2.72. The van der Waals surface area contributed by atoms with Gasteiger partial charge in [-0.3, -0.25) is 24.1 Å². The van der Waals surface area contributed by atoms with Crippen LogP contribution in [-0.4, -0.2) is 41.6 Å². The van der Waals surface area contributed by atoms with Gasteiger partial charge < -0.3 is 4.74 Å². The lowest BCUT2D eigenvalue weighted by molar-refractivity contribution is -0.143. The zero-order valence-electron chi connectivity index (χ0n) is 21.6. The second kappa shape index (κ2) is 10.2. The van der Waals surface area contributed by atoms with Crippen LogP contribution in [0.5, 0.6) is 0 Å². The normalized spacial score (nSPS) is 25.8. The van der Waals surface area contributed by atoms with Crippen LogP contribution in [0.25, 0.3) is 0 Å². The molecule has 0 N–H and O–H groups in total. The Morgan fingerprint density at radius 2 is 1.18 bits per heavy atom. The summed E-state index contributed by atoms with van der Waals surface area (Å²) in [5.74, 6) is -2.93. The number of benzene rings is 3. The van der Waals surface area contributed by atoms with Gasteiger partial charge in [0.15, 0.2) is 12.4 Å². The number of ketones is 1. The molecule has 0 radical (unpaired) electrons. The van der Waals surface area contributed by atoms with E-state index >= 15 is 0 Å². The summed E-state index contributed by atoms with van der Waals surface area (Å²) in [6.07, 6.45) is 1.79. The molecule has 1 fully saturated rings. The fraction of sp³-hybridized carbons (Fsp3) is 0.312. The second-order valence-corrected chi connectivity index (χ2v) is 11.8. The van der Waals surface area contributed by atoms with E-state index in [4.69, 9.17) is 27.9 Å². The van der Waals surface area contributed by atoms with E-state index in [1.165, 1.54) is 4.90 Å². The van der Waals surface area contributed by atoms with Crippen molar-refractivity contribution in [2.45, 2.75) is 35.4 Å². The summed E-state index contributed by atoms with van der Waals surface area (Å²) in [7, 11) is 0. The van der Waals surface area contributed by atoms with E-state index in [1.807, 2.05) is 54.6 Å². The SMILES string of the molecule is O=C(CCCCCN1C(=O)[C@@H]2[C@H](C1=O)C1(Cl)c3ccccc3C2(Cl)c2ccccc21)OCC(=O)c1ccccc1. The quantitative estimate of drug-likeness (QED) is 0.110. The molecule has 1 heterocycles. The van der Waals surface area contributed by atoms with Crippen molar-refractivity contribution in [3.63, 3.8) is 0 Å². The maximum Gasteiger partial charge on any atom is 0.306 e. The Morgan fingerprint density at radius 1 is 0.700 bits per heavy atom. The number of halogens is 2. The minimum absolute atomic E-state index is 0.148. The summed E-state index contributed by atoms with van der Waals surface area (Å²) >= 11 is 14.8. The summed E-state index contributed by atoms with van der Waals surface area (Å²) in [6, 6.07) is 23.8. The number of nitrogens with zero attached hydrogens (tertiary/aromatic N) is 1. The highest BCUT2D eigenvalue weighted by molar-refractivity contribution is 6.36. The van der Waals surface area contributed by atoms with E-state index in [-0.39, 0.29) is 37.2 Å². The third-order valence-electron chi connectivity index (χ3n) is 8.40. The van der Waals surface area contributed by atoms with E-state index in [1.54, 1.807) is 24.3 Å². The van der Waals surface area contributed by atoms with E-state index in [2.05, 4.69) is 0 Å². The van der Waals surface area contributed by atoms with Gasteiger partial charge in [0.05, 0.1) is 11.8 Å². The molecule has 0 spiro atoms. The summed E-state index contributed by atoms with van der Waals surface area (Å²) in [4.78, 5) is 50.8. The van der Waals surface area contributed by atoms with Gasteiger partial charge in [-0.25, -0.2) is 0 Å². The van der Waals surface area contributed by atoms with Gasteiger partial charge in [-0.2, -0.15) is 0 Å². The zero-order chi connectivity index (χ0) is 28.1. The highest BCUT2D eigenvalue weighted by Crippen LogP contribution is 2.69. The average Bonchev–Trinajstić information content (AvgIpc) is 3.25. The number of unbranched alkanes of at least 4 members (excludes halogenated alkanes) is 2. The molecule has 3 aromatic carbocycles. The molecule has 2 bridgehead atoms. The number of Topliss-reactive ketones (excluding diaryl/α,β-unsaturated/α-hetero) is 1. The molecule has 3 aromatic rings. The third-order valence-corrected chi connectivity index (χ3v) is 9.68. The van der Waals surface area contributed by atoms with Crippen LogP contribution < -0.4 is 0 Å². The van der Waals surface area contributed by atoms with Crippen molar-refractivity contribution < 1.29 is 23.9 Å². The number of likely N-dealkylation sites (tertiary alicyclic amines) is 1. The molecule has 6 nitrogen and oxygen atoms in total. The van der Waals surface area contributed by atoms with E-state index in [9.17, 15) is 19.2 Å². The standard InChI is InChI=1S/C32H27Cl2NO5/c33-31-21-13-6-7-14-22(21)32(34,24-16-9-8-15-23(24)31)28-27(31)29(38)35(30(28)39)18-10-2-5-17-26(37)40-19-25(36)20-11-3-1-4-12-20/h1,3-4,6-9,11-16,27-28H,2,5,10,17-19H2/t27-,28+,31?,32?. The Bertz CT molecular complexity index is 1400. The summed E-state index contributed by atoms with van der Waals surface area (Å²) in [5, 5.41) is 0. The first kappa shape index (κ1) is 26.7. The molecule has 0 unspecified atom stereocenters. The molecule has 4 aliphatic rings. The van der Waals surface area contributed by atoms with Crippen LogP contribution >= 0.6 is 23.2 Å². The smallest absolute Gasteiger partial charge is 0.306 e. The molecule has 0 saturated carbocycles. The van der Waals surface area contributed by atoms with E-state index < -0.39 is 27.6 Å². The van der Waals surface area contributed by atoms with Crippen molar-refractivity contribution in [1.82, 2.24) is 4.90 Å². The molecule has 3 aliphatic carbocycles. The molecule has 1 aliphatic heterocycles. The van der Waals surface area contributed by atoms with Crippen LogP contribution in [0.15, 0.2) is 78.9 Å². The number of carbonyl (C=O) groups excluding carboxylic acids is 4. The molecule has 1 saturated heterocycles. The van der Waals surface area contributed by atoms with Crippen molar-refractivity contribution >= 4 is 46.8 Å². The lowest BCUT2D eigenvalue weighted by atomic mass is 9.54. The fourth-order valence-electron chi connectivity index (χ4n) is 6.59. The number of alkyl halides is 2. The molecule has 0 aromatic heterocycles. The Kier molecular flexibility index (Phi) is 6.79. The first-order valence-corrected chi connectivity index (χ1v) is 14.2. The van der Waals surface area contributed by atoms with Gasteiger partial charge >= 0.3 is 5.97 Å². The number of esters is 1. The minimum atomic E-state index is -1.18. The van der Waals surface area contributed by atoms with Crippen LogP contribution in [0, 0.1) is 11.8 Å². The van der Waals surface area contributed by atoms with Crippen LogP contribution in [-0.2, 0) is 28.9 Å². The minimum Gasteiger partial charge on any atom is -0.457 e. The average molecular weight is 576 g/mol. The number of carbonyl (C=O) groups is 4. The van der Waals surface area contributed by atoms with Crippen LogP contribution in [0.4, 0.5) is 0 Å². The van der Waals surface area contributed by atoms with Gasteiger partial charge in [0.1, 0.15) is 9.75 Å². The Balaban J connectivity index is 1.10. The maximum atomic E-state index is 13.8. The number of rotatable bonds is 9. The molecule has 7 rings (SSSR count). The number of amides is 2. The predicted molar refractivity (Wildman–Crippen MR) is 150 cm³/mol. The van der Waals surface area contributed by atoms with Gasteiger partial charge in [0, 0.05) is 18.5 Å². The van der Waals surface area contributed by atoms with Crippen molar-refractivity contribution in [3.05, 3.63) is 107 Å². The molecule has 40 heavy (non-hydrogen) atoms. The fourth-order valence-corrected chi connectivity index (χ4v) is 7.68. The highest BCUT2D eigenvalue weighted by atomic mass is 35.5. The van der Waals surface area contributed by atoms with Gasteiger partial charge in [-0.15, -0.1) is 23.2 Å². The molecule has 204 valence electrons. The lowest BCUT2D eigenvalue weighted by Crippen LogP contribution is -2.57. The number of imide groups is 1. The molecule has 2 atom stereocenters. The summed E-state index contributed by atoms with van der Waals surface area (Å²) < 4.78 is 5.11. The Morgan fingerprint density at radius 3 is 1.68 bits per heavy atom. The first-order chi connectivity index (χ1) is 19.3. The monoisotopic (exact) mass is 575 g/mol. The van der Waals surface area contributed by atoms with E-state index in [0.29, 0.717) is 24.8 Å². The molecular weight excluding hydrogens is 549 g/mol. The lowest BCUT2D eigenvalue weighted by Gasteiger charge is -2.54. The molecule has 2 amide bonds. The maximum absolute atomic E-state index is 13.8. The van der Waals surface area contributed by atoms with Crippen molar-refractivity contribution in [2.24, 2.45) is 11.8 Å². The van der Waals surface area contributed by atoms with Crippen LogP contribution in [0.1, 0.15) is 58.3 Å². The molecular formula is C32H27Cl2NO5. The number of hydrogen-bond acceptors (Lipinski definition) is 5. The van der Waals surface area contributed by atoms with Crippen LogP contribution in [0.2, 0.25) is 0 Å². The largest absolute Gasteiger partial charge is 0.457 e. The topological polar surface area (TPSA) is 80.8 Å².